The number of hydrogen-bond donors (Lipinski definition) is 1. The highest BCUT2D eigenvalue weighted by Gasteiger charge is 2.16. The zero-order chi connectivity index (χ0) is 14.7. The molecule has 108 valence electrons. The number of aliphatic carboxylic acids is 1. The Morgan fingerprint density at radius 2 is 2.40 bits per heavy atom. The lowest BCUT2D eigenvalue weighted by Crippen LogP contribution is -2.16. The first-order valence-electron chi connectivity index (χ1n) is 5.90. The summed E-state index contributed by atoms with van der Waals surface area (Å²) >= 11 is 7.06. The van der Waals surface area contributed by atoms with Gasteiger partial charge in [0.15, 0.2) is 10.8 Å². The largest absolute Gasteiger partial charge is 0.481 e. The number of carboxylic acids is 1. The van der Waals surface area contributed by atoms with Crippen molar-refractivity contribution in [1.82, 2.24) is 14.5 Å². The lowest BCUT2D eigenvalue weighted by atomic mass is 10.4. The number of halogens is 1. The third-order valence-electron chi connectivity index (χ3n) is 2.68. The van der Waals surface area contributed by atoms with Crippen LogP contribution < -0.4 is 0 Å². The molecule has 1 N–H and O–H groups in total. The van der Waals surface area contributed by atoms with E-state index < -0.39 is 5.97 Å². The van der Waals surface area contributed by atoms with E-state index in [0.717, 1.165) is 11.8 Å². The Morgan fingerprint density at radius 1 is 1.65 bits per heavy atom. The number of ether oxygens (including phenoxy) is 1. The van der Waals surface area contributed by atoms with E-state index >= 15 is 0 Å². The van der Waals surface area contributed by atoms with Gasteiger partial charge < -0.3 is 14.4 Å². The molecule has 0 bridgehead atoms. The number of fused-ring (bicyclic) bond motifs is 1. The van der Waals surface area contributed by atoms with E-state index in [4.69, 9.17) is 21.4 Å². The molecule has 0 saturated heterocycles. The lowest BCUT2D eigenvalue weighted by Gasteiger charge is -2.12. The van der Waals surface area contributed by atoms with Gasteiger partial charge in [-0.1, -0.05) is 23.4 Å². The summed E-state index contributed by atoms with van der Waals surface area (Å²) in [6.45, 7) is 2.47. The van der Waals surface area contributed by atoms with Crippen molar-refractivity contribution in [1.29, 1.82) is 0 Å². The number of thioether (sulfide) groups is 1. The SMILES string of the molecule is COC(C)Cn1c(SCC(=O)O)nc2cc(Cl)cnc21. The first kappa shape index (κ1) is 15.1. The van der Waals surface area contributed by atoms with Crippen LogP contribution in [0.15, 0.2) is 17.4 Å². The van der Waals surface area contributed by atoms with E-state index in [0.29, 0.717) is 27.9 Å². The summed E-state index contributed by atoms with van der Waals surface area (Å²) in [6.07, 6.45) is 1.51. The smallest absolute Gasteiger partial charge is 0.313 e. The normalized spacial score (nSPS) is 12.8. The van der Waals surface area contributed by atoms with Crippen molar-refractivity contribution in [2.24, 2.45) is 0 Å². The molecule has 2 aromatic rings. The fourth-order valence-corrected chi connectivity index (χ4v) is 2.58. The Morgan fingerprint density at radius 3 is 3.05 bits per heavy atom. The molecule has 2 rings (SSSR count). The number of aromatic nitrogens is 3. The van der Waals surface area contributed by atoms with Crippen LogP contribution in [0.4, 0.5) is 0 Å². The third-order valence-corrected chi connectivity index (χ3v) is 3.85. The van der Waals surface area contributed by atoms with Gasteiger partial charge in [-0.25, -0.2) is 9.97 Å². The molecule has 0 spiro atoms. The minimum atomic E-state index is -0.889. The maximum absolute atomic E-state index is 10.7. The lowest BCUT2D eigenvalue weighted by molar-refractivity contribution is -0.133. The summed E-state index contributed by atoms with van der Waals surface area (Å²) in [5.41, 5.74) is 1.32. The Labute approximate surface area is 125 Å². The summed E-state index contributed by atoms with van der Waals surface area (Å²) in [5.74, 6) is -0.947. The van der Waals surface area contributed by atoms with E-state index in [-0.39, 0.29) is 11.9 Å². The van der Waals surface area contributed by atoms with Crippen LogP contribution >= 0.6 is 23.4 Å². The quantitative estimate of drug-likeness (QED) is 0.824. The fourth-order valence-electron chi connectivity index (χ4n) is 1.70. The summed E-state index contributed by atoms with van der Waals surface area (Å²) in [5, 5.41) is 9.89. The Bertz CT molecular complexity index is 632. The van der Waals surface area contributed by atoms with Gasteiger partial charge in [-0.3, -0.25) is 4.79 Å². The highest BCUT2D eigenvalue weighted by Crippen LogP contribution is 2.25. The van der Waals surface area contributed by atoms with Gasteiger partial charge in [0.05, 0.1) is 23.4 Å². The standard InChI is InChI=1S/C12H14ClN3O3S/c1-7(19-2)5-16-11-9(3-8(13)4-14-11)15-12(16)20-6-10(17)18/h3-4,7H,5-6H2,1-2H3,(H,17,18). The van der Waals surface area contributed by atoms with Gasteiger partial charge in [-0.05, 0) is 13.0 Å². The molecule has 2 heterocycles. The number of nitrogens with zero attached hydrogens (tertiary/aromatic N) is 3. The first-order valence-corrected chi connectivity index (χ1v) is 7.26. The van der Waals surface area contributed by atoms with Crippen molar-refractivity contribution in [3.8, 4) is 0 Å². The van der Waals surface area contributed by atoms with E-state index in [1.54, 1.807) is 19.4 Å². The molecular formula is C12H14ClN3O3S. The van der Waals surface area contributed by atoms with E-state index in [1.807, 2.05) is 11.5 Å². The molecule has 0 aliphatic heterocycles. The van der Waals surface area contributed by atoms with Crippen molar-refractivity contribution in [2.75, 3.05) is 12.9 Å². The molecular weight excluding hydrogens is 302 g/mol. The molecule has 0 amide bonds. The van der Waals surface area contributed by atoms with Crippen molar-refractivity contribution in [3.05, 3.63) is 17.3 Å². The van der Waals surface area contributed by atoms with Gasteiger partial charge in [0.25, 0.3) is 0 Å². The van der Waals surface area contributed by atoms with Crippen LogP contribution in [-0.4, -0.2) is 44.6 Å². The first-order chi connectivity index (χ1) is 9.51. The molecule has 1 atom stereocenters. The van der Waals surface area contributed by atoms with Crippen molar-refractivity contribution in [2.45, 2.75) is 24.7 Å². The molecule has 0 radical (unpaired) electrons. The van der Waals surface area contributed by atoms with Gasteiger partial charge in [-0.15, -0.1) is 0 Å². The second kappa shape index (κ2) is 6.43. The van der Waals surface area contributed by atoms with Crippen molar-refractivity contribution >= 4 is 40.5 Å². The molecule has 8 heteroatoms. The van der Waals surface area contributed by atoms with Crippen molar-refractivity contribution in [3.63, 3.8) is 0 Å². The summed E-state index contributed by atoms with van der Waals surface area (Å²) < 4.78 is 7.10. The molecule has 0 aromatic carbocycles. The Kier molecular flexibility index (Phi) is 4.85. The Balaban J connectivity index is 2.41. The Hall–Kier alpha value is -1.31. The minimum absolute atomic E-state index is 0.0333. The van der Waals surface area contributed by atoms with Crippen LogP contribution in [0, 0.1) is 0 Å². The number of carboxylic acid groups (broad SMARTS) is 1. The molecule has 0 saturated carbocycles. The number of rotatable bonds is 6. The highest BCUT2D eigenvalue weighted by molar-refractivity contribution is 7.99. The number of hydrogen-bond acceptors (Lipinski definition) is 5. The van der Waals surface area contributed by atoms with Crippen LogP contribution in [0.5, 0.6) is 0 Å². The number of pyridine rings is 1. The van der Waals surface area contributed by atoms with Gasteiger partial charge in [0.1, 0.15) is 5.52 Å². The van der Waals surface area contributed by atoms with E-state index in [9.17, 15) is 4.79 Å². The molecule has 1 unspecified atom stereocenters. The molecule has 0 aliphatic rings. The summed E-state index contributed by atoms with van der Waals surface area (Å²) in [7, 11) is 1.62. The number of imidazole rings is 1. The maximum Gasteiger partial charge on any atom is 0.313 e. The zero-order valence-electron chi connectivity index (χ0n) is 11.0. The van der Waals surface area contributed by atoms with Crippen molar-refractivity contribution < 1.29 is 14.6 Å². The summed E-state index contributed by atoms with van der Waals surface area (Å²) in [4.78, 5) is 19.4. The molecule has 2 aromatic heterocycles. The van der Waals surface area contributed by atoms with Crippen LogP contribution in [0.3, 0.4) is 0 Å². The number of carbonyl (C=O) groups is 1. The molecule has 20 heavy (non-hydrogen) atoms. The molecule has 0 fully saturated rings. The minimum Gasteiger partial charge on any atom is -0.481 e. The molecule has 6 nitrogen and oxygen atoms in total. The second-order valence-electron chi connectivity index (χ2n) is 4.23. The van der Waals surface area contributed by atoms with Crippen LogP contribution in [-0.2, 0) is 16.1 Å². The van der Waals surface area contributed by atoms with Crippen LogP contribution in [0.25, 0.3) is 11.2 Å². The van der Waals surface area contributed by atoms with Gasteiger partial charge in [0.2, 0.25) is 0 Å². The monoisotopic (exact) mass is 315 g/mol. The highest BCUT2D eigenvalue weighted by atomic mass is 35.5. The summed E-state index contributed by atoms with van der Waals surface area (Å²) in [6, 6.07) is 1.71. The number of methoxy groups -OCH3 is 1. The van der Waals surface area contributed by atoms with E-state index in [2.05, 4.69) is 9.97 Å². The average Bonchev–Trinajstić information content (AvgIpc) is 2.73. The topological polar surface area (TPSA) is 77.2 Å². The zero-order valence-corrected chi connectivity index (χ0v) is 12.6. The maximum atomic E-state index is 10.7. The predicted octanol–water partition coefficient (Wildman–Crippen LogP) is 2.30. The van der Waals surface area contributed by atoms with Gasteiger partial charge in [-0.2, -0.15) is 0 Å². The third kappa shape index (κ3) is 3.41. The average molecular weight is 316 g/mol. The second-order valence-corrected chi connectivity index (χ2v) is 5.61. The fraction of sp³-hybridized carbons (Fsp3) is 0.417. The van der Waals surface area contributed by atoms with Gasteiger partial charge >= 0.3 is 5.97 Å². The van der Waals surface area contributed by atoms with Crippen LogP contribution in [0.1, 0.15) is 6.92 Å². The predicted molar refractivity (Wildman–Crippen MR) is 77.4 cm³/mol. The molecule has 0 aliphatic carbocycles. The van der Waals surface area contributed by atoms with E-state index in [1.165, 1.54) is 0 Å². The van der Waals surface area contributed by atoms with Crippen LogP contribution in [0.2, 0.25) is 5.02 Å². The van der Waals surface area contributed by atoms with Gasteiger partial charge in [0, 0.05) is 13.3 Å².